The molecule has 0 aliphatic carbocycles. The number of alkyl carbamates (subject to hydrolysis) is 1. The van der Waals surface area contributed by atoms with Gasteiger partial charge in [0.15, 0.2) is 1.41 Å². The summed E-state index contributed by atoms with van der Waals surface area (Å²) in [6, 6.07) is 0. The van der Waals surface area contributed by atoms with E-state index >= 15 is 0 Å². The van der Waals surface area contributed by atoms with E-state index in [0.717, 1.165) is 4.90 Å². The molecule has 0 fully saturated rings. The molecule has 0 aromatic carbocycles. The molecule has 0 aliphatic heterocycles. The van der Waals surface area contributed by atoms with Gasteiger partial charge in [-0.25, -0.2) is 4.79 Å². The Morgan fingerprint density at radius 2 is 2.00 bits per heavy atom. The van der Waals surface area contributed by atoms with Crippen LogP contribution in [0.2, 0.25) is 1.41 Å². The first-order valence-corrected chi connectivity index (χ1v) is 5.07. The van der Waals surface area contributed by atoms with Crippen LogP contribution in [0.1, 0.15) is 20.8 Å². The van der Waals surface area contributed by atoms with Crippen LogP contribution in [0.4, 0.5) is 4.79 Å². The van der Waals surface area contributed by atoms with E-state index in [4.69, 9.17) is 6.15 Å². The number of primary amides is 1. The Balaban J connectivity index is 4.03. The largest absolute Gasteiger partial charge is 0.444 e. The Morgan fingerprint density at radius 3 is 2.47 bits per heavy atom. The van der Waals surface area contributed by atoms with E-state index in [1.165, 1.54) is 7.05 Å². The zero-order chi connectivity index (χ0) is 14.3. The fourth-order valence-corrected chi connectivity index (χ4v) is 0.901. The Kier molecular flexibility index (Phi) is 4.74. The SMILES string of the molecule is [3H]NC(=O)CN(C)C(=O)CNC(=O)OC(C)(C)C. The molecule has 0 spiro atoms. The number of carbonyl (C=O) groups excluding carboxylic acids is 3. The van der Waals surface area contributed by atoms with Gasteiger partial charge in [-0.2, -0.15) is 0 Å². The van der Waals surface area contributed by atoms with E-state index in [0.29, 0.717) is 0 Å². The third-order valence-corrected chi connectivity index (χ3v) is 1.59. The Labute approximate surface area is 102 Å². The van der Waals surface area contributed by atoms with Crippen LogP contribution < -0.4 is 11.0 Å². The third kappa shape index (κ3) is 8.06. The van der Waals surface area contributed by atoms with Crippen molar-refractivity contribution in [3.63, 3.8) is 0 Å². The quantitative estimate of drug-likeness (QED) is 0.696. The van der Waals surface area contributed by atoms with Crippen molar-refractivity contribution in [2.75, 3.05) is 20.1 Å². The summed E-state index contributed by atoms with van der Waals surface area (Å²) in [7, 11) is 1.40. The van der Waals surface area contributed by atoms with Crippen LogP contribution in [0.3, 0.4) is 0 Å². The molecule has 7 nitrogen and oxygen atoms in total. The fourth-order valence-electron chi connectivity index (χ4n) is 0.901. The Morgan fingerprint density at radius 1 is 1.41 bits per heavy atom. The van der Waals surface area contributed by atoms with Crippen LogP contribution in [-0.4, -0.2) is 48.5 Å². The molecule has 0 radical (unpaired) electrons. The number of likely N-dealkylation sites (N-methyl/N-ethyl adjacent to an activating group) is 1. The highest BCUT2D eigenvalue weighted by molar-refractivity contribution is 5.86. The maximum atomic E-state index is 11.5. The van der Waals surface area contributed by atoms with Crippen LogP contribution in [0.15, 0.2) is 0 Å². The third-order valence-electron chi connectivity index (χ3n) is 1.59. The maximum absolute atomic E-state index is 11.5. The first-order chi connectivity index (χ1) is 8.15. The summed E-state index contributed by atoms with van der Waals surface area (Å²) in [5, 5.41) is 2.28. The second kappa shape index (κ2) is 6.07. The molecule has 7 heteroatoms. The molecule has 3 N–H and O–H groups in total. The Hall–Kier alpha value is -1.79. The highest BCUT2D eigenvalue weighted by Gasteiger charge is 2.17. The van der Waals surface area contributed by atoms with Gasteiger partial charge in [-0.05, 0) is 20.8 Å². The topological polar surface area (TPSA) is 102 Å². The smallest absolute Gasteiger partial charge is 0.408 e. The zero-order valence-corrected chi connectivity index (χ0v) is 10.5. The van der Waals surface area contributed by atoms with Crippen LogP contribution in [0.5, 0.6) is 0 Å². The first kappa shape index (κ1) is 13.3. The van der Waals surface area contributed by atoms with E-state index in [1.807, 2.05) is 0 Å². The molecular formula is C10H19N3O4. The van der Waals surface area contributed by atoms with Crippen LogP contribution in [0, 0.1) is 0 Å². The van der Waals surface area contributed by atoms with Crippen molar-refractivity contribution in [2.24, 2.45) is 5.73 Å². The standard InChI is InChI=1S/C10H19N3O4/c1-10(2,3)17-9(16)12-5-8(15)13(4)6-7(11)14/h5-6H2,1-4H3,(H2,11,14)(H,12,16)/i/hT. The van der Waals surface area contributed by atoms with Crippen molar-refractivity contribution in [1.82, 2.24) is 10.2 Å². The predicted molar refractivity (Wildman–Crippen MR) is 61.1 cm³/mol. The molecular weight excluding hydrogens is 226 g/mol. The second-order valence-electron chi connectivity index (χ2n) is 4.53. The van der Waals surface area contributed by atoms with E-state index in [1.54, 1.807) is 26.5 Å². The van der Waals surface area contributed by atoms with E-state index in [-0.39, 0.29) is 13.1 Å². The fraction of sp³-hybridized carbons (Fsp3) is 0.700. The summed E-state index contributed by atoms with van der Waals surface area (Å²) in [5.74, 6) is -1.06. The van der Waals surface area contributed by atoms with Gasteiger partial charge in [-0.1, -0.05) is 0 Å². The summed E-state index contributed by atoms with van der Waals surface area (Å²) in [4.78, 5) is 34.7. The van der Waals surface area contributed by atoms with Gasteiger partial charge in [0.2, 0.25) is 11.8 Å². The van der Waals surface area contributed by atoms with Crippen molar-refractivity contribution >= 4 is 17.9 Å². The lowest BCUT2D eigenvalue weighted by molar-refractivity contribution is -0.133. The van der Waals surface area contributed by atoms with Crippen LogP contribution >= 0.6 is 0 Å². The van der Waals surface area contributed by atoms with Gasteiger partial charge in [-0.15, -0.1) is 0 Å². The van der Waals surface area contributed by atoms with Gasteiger partial charge in [-0.3, -0.25) is 9.59 Å². The normalized spacial score (nSPS) is 11.2. The summed E-state index contributed by atoms with van der Waals surface area (Å²) in [5.41, 5.74) is 1.02. The summed E-state index contributed by atoms with van der Waals surface area (Å²) >= 11 is 0. The van der Waals surface area contributed by atoms with Gasteiger partial charge in [0.1, 0.15) is 12.1 Å². The summed E-state index contributed by atoms with van der Waals surface area (Å²) in [6.45, 7) is 4.62. The monoisotopic (exact) mass is 247 g/mol. The molecule has 0 saturated carbocycles. The first-order valence-electron chi connectivity index (χ1n) is 5.57. The van der Waals surface area contributed by atoms with Crippen molar-refractivity contribution in [3.8, 4) is 0 Å². The van der Waals surface area contributed by atoms with Gasteiger partial charge in [0, 0.05) is 7.05 Å². The molecule has 0 rings (SSSR count). The molecule has 0 atom stereocenters. The van der Waals surface area contributed by atoms with Crippen molar-refractivity contribution in [3.05, 3.63) is 0 Å². The molecule has 0 unspecified atom stereocenters. The van der Waals surface area contributed by atoms with E-state index in [2.05, 4.69) is 5.32 Å². The molecule has 0 bridgehead atoms. The molecule has 0 aromatic heterocycles. The number of nitrogens with zero attached hydrogens (tertiary/aromatic N) is 1. The van der Waals surface area contributed by atoms with Crippen LogP contribution in [-0.2, 0) is 14.3 Å². The van der Waals surface area contributed by atoms with Gasteiger partial charge in [0.25, 0.3) is 0 Å². The number of hydrogen-bond acceptors (Lipinski definition) is 4. The second-order valence-corrected chi connectivity index (χ2v) is 4.53. The molecule has 0 heterocycles. The minimum atomic E-state index is -0.700. The highest BCUT2D eigenvalue weighted by atomic mass is 16.6. The van der Waals surface area contributed by atoms with Crippen molar-refractivity contribution in [1.29, 1.82) is 0 Å². The van der Waals surface area contributed by atoms with Crippen LogP contribution in [0.25, 0.3) is 0 Å². The molecule has 17 heavy (non-hydrogen) atoms. The number of hydrogen-bond donors (Lipinski definition) is 2. The molecule has 98 valence electrons. The lowest BCUT2D eigenvalue weighted by Gasteiger charge is -2.20. The summed E-state index contributed by atoms with van der Waals surface area (Å²) < 4.78 is 11.5. The number of ether oxygens (including phenoxy) is 1. The molecule has 0 aliphatic rings. The van der Waals surface area contributed by atoms with E-state index < -0.39 is 23.5 Å². The van der Waals surface area contributed by atoms with Gasteiger partial charge in [0.05, 0.1) is 6.54 Å². The lowest BCUT2D eigenvalue weighted by atomic mass is 10.2. The lowest BCUT2D eigenvalue weighted by Crippen LogP contribution is -2.43. The van der Waals surface area contributed by atoms with E-state index in [9.17, 15) is 14.4 Å². The number of carbonyl (C=O) groups is 3. The number of nitrogens with one attached hydrogen (secondary N) is 1. The average molecular weight is 247 g/mol. The molecule has 0 saturated heterocycles. The number of amides is 3. The minimum absolute atomic E-state index is 0.238. The zero-order valence-electron chi connectivity index (χ0n) is 11.5. The molecule has 3 amide bonds. The van der Waals surface area contributed by atoms with Crippen molar-refractivity contribution < 1.29 is 20.5 Å². The maximum Gasteiger partial charge on any atom is 0.408 e. The number of rotatable bonds is 4. The molecule has 0 aromatic rings. The average Bonchev–Trinajstić information content (AvgIpc) is 2.23. The van der Waals surface area contributed by atoms with Crippen molar-refractivity contribution in [2.45, 2.75) is 26.4 Å². The highest BCUT2D eigenvalue weighted by Crippen LogP contribution is 2.06. The van der Waals surface area contributed by atoms with Gasteiger partial charge >= 0.3 is 6.09 Å². The summed E-state index contributed by atoms with van der Waals surface area (Å²) in [6.07, 6.45) is -0.700. The Bertz CT molecular complexity index is 328. The van der Waals surface area contributed by atoms with Gasteiger partial charge < -0.3 is 20.7 Å². The number of nitrogens with two attached hydrogens (primary N) is 1. The predicted octanol–water partition coefficient (Wildman–Crippen LogP) is -0.545. The minimum Gasteiger partial charge on any atom is -0.444 e.